The van der Waals surface area contributed by atoms with Crippen molar-refractivity contribution in [2.45, 2.75) is 72.1 Å². The Morgan fingerprint density at radius 3 is 2.27 bits per heavy atom. The smallest absolute Gasteiger partial charge is 0.323 e. The molecule has 0 aromatic rings. The molecule has 1 N–H and O–H groups in total. The van der Waals surface area contributed by atoms with Crippen LogP contribution in [-0.4, -0.2) is 23.7 Å². The van der Waals surface area contributed by atoms with Crippen LogP contribution in [0.3, 0.4) is 0 Å². The van der Waals surface area contributed by atoms with Gasteiger partial charge in [0.05, 0.1) is 0 Å². The van der Waals surface area contributed by atoms with Gasteiger partial charge in [0.15, 0.2) is 0 Å². The van der Waals surface area contributed by atoms with E-state index in [9.17, 15) is 4.79 Å². The van der Waals surface area contributed by atoms with E-state index in [1.807, 2.05) is 27.7 Å². The van der Waals surface area contributed by atoms with Gasteiger partial charge in [-0.25, -0.2) is 0 Å². The average molecular weight is 215 g/mol. The van der Waals surface area contributed by atoms with Gasteiger partial charge in [-0.05, 0) is 41.0 Å². The lowest BCUT2D eigenvalue weighted by atomic mass is 10.1. The maximum atomic E-state index is 11.6. The van der Waals surface area contributed by atoms with Crippen LogP contribution in [0.2, 0.25) is 0 Å². The van der Waals surface area contributed by atoms with Crippen molar-refractivity contribution in [2.75, 3.05) is 0 Å². The predicted octanol–water partition coefficient (Wildman–Crippen LogP) is 2.49. The molecule has 0 aliphatic heterocycles. The summed E-state index contributed by atoms with van der Waals surface area (Å²) in [7, 11) is 0. The average Bonchev–Trinajstić information content (AvgIpc) is 2.00. The van der Waals surface area contributed by atoms with E-state index in [1.54, 1.807) is 0 Å². The summed E-state index contributed by atoms with van der Waals surface area (Å²) in [5, 5.41) is 3.23. The van der Waals surface area contributed by atoms with Crippen LogP contribution in [0.15, 0.2) is 0 Å². The molecular weight excluding hydrogens is 190 g/mol. The lowest BCUT2D eigenvalue weighted by Gasteiger charge is -2.24. The van der Waals surface area contributed by atoms with E-state index in [0.29, 0.717) is 6.04 Å². The zero-order valence-electron chi connectivity index (χ0n) is 10.9. The van der Waals surface area contributed by atoms with Gasteiger partial charge in [-0.2, -0.15) is 0 Å². The summed E-state index contributed by atoms with van der Waals surface area (Å²) in [6.07, 6.45) is 2.20. The molecule has 0 aromatic carbocycles. The summed E-state index contributed by atoms with van der Waals surface area (Å²) in [5.41, 5.74) is -0.402. The number of carbonyl (C=O) groups excluding carboxylic acids is 1. The Kier molecular flexibility index (Phi) is 5.88. The number of ether oxygens (including phenoxy) is 1. The summed E-state index contributed by atoms with van der Waals surface area (Å²) >= 11 is 0. The van der Waals surface area contributed by atoms with Crippen LogP contribution in [0.5, 0.6) is 0 Å². The molecule has 0 aliphatic carbocycles. The second kappa shape index (κ2) is 6.11. The molecule has 0 aliphatic rings. The minimum absolute atomic E-state index is 0.176. The van der Waals surface area contributed by atoms with E-state index in [2.05, 4.69) is 19.2 Å². The van der Waals surface area contributed by atoms with E-state index in [-0.39, 0.29) is 12.0 Å². The molecule has 90 valence electrons. The molecule has 0 rings (SSSR count). The highest BCUT2D eigenvalue weighted by molar-refractivity contribution is 5.75. The summed E-state index contributed by atoms with van der Waals surface area (Å²) in [5.74, 6) is -0.176. The molecule has 3 heteroatoms. The Balaban J connectivity index is 3.99. The van der Waals surface area contributed by atoms with Crippen molar-refractivity contribution >= 4 is 5.97 Å². The topological polar surface area (TPSA) is 38.3 Å². The standard InChI is InChI=1S/C12H25NO2/c1-7-8-9(2)13-10(3)11(14)15-12(4,5)6/h9-10,13H,7-8H2,1-6H3/t9?,10-/m0/s1. The van der Waals surface area contributed by atoms with Gasteiger partial charge in [0, 0.05) is 6.04 Å². The zero-order chi connectivity index (χ0) is 12.1. The second-order valence-corrected chi connectivity index (χ2v) is 5.11. The normalized spacial score (nSPS) is 15.9. The van der Waals surface area contributed by atoms with E-state index in [4.69, 9.17) is 4.74 Å². The van der Waals surface area contributed by atoms with Crippen molar-refractivity contribution in [1.82, 2.24) is 5.32 Å². The Morgan fingerprint density at radius 2 is 1.87 bits per heavy atom. The van der Waals surface area contributed by atoms with Crippen LogP contribution in [0.4, 0.5) is 0 Å². The number of hydrogen-bond acceptors (Lipinski definition) is 3. The Bertz CT molecular complexity index is 196. The summed E-state index contributed by atoms with van der Waals surface area (Å²) in [4.78, 5) is 11.6. The molecule has 1 unspecified atom stereocenters. The van der Waals surface area contributed by atoms with Crippen LogP contribution in [-0.2, 0) is 9.53 Å². The molecule has 0 fully saturated rings. The Labute approximate surface area is 93.6 Å². The van der Waals surface area contributed by atoms with E-state index in [1.165, 1.54) is 0 Å². The predicted molar refractivity (Wildman–Crippen MR) is 62.8 cm³/mol. The van der Waals surface area contributed by atoms with Crippen LogP contribution < -0.4 is 5.32 Å². The molecule has 0 amide bonds. The maximum Gasteiger partial charge on any atom is 0.323 e. The van der Waals surface area contributed by atoms with E-state index in [0.717, 1.165) is 12.8 Å². The quantitative estimate of drug-likeness (QED) is 0.716. The van der Waals surface area contributed by atoms with E-state index < -0.39 is 5.60 Å². The van der Waals surface area contributed by atoms with Gasteiger partial charge in [0.25, 0.3) is 0 Å². The number of carbonyl (C=O) groups is 1. The van der Waals surface area contributed by atoms with Crippen molar-refractivity contribution in [3.05, 3.63) is 0 Å². The highest BCUT2D eigenvalue weighted by Gasteiger charge is 2.22. The third kappa shape index (κ3) is 7.37. The van der Waals surface area contributed by atoms with Gasteiger partial charge >= 0.3 is 5.97 Å². The molecule has 0 spiro atoms. The number of hydrogen-bond donors (Lipinski definition) is 1. The molecule has 3 nitrogen and oxygen atoms in total. The molecular formula is C12H25NO2. The zero-order valence-corrected chi connectivity index (χ0v) is 10.9. The fraction of sp³-hybridized carbons (Fsp3) is 0.917. The molecule has 0 heterocycles. The fourth-order valence-electron chi connectivity index (χ4n) is 1.40. The van der Waals surface area contributed by atoms with Gasteiger partial charge in [-0.15, -0.1) is 0 Å². The number of rotatable bonds is 5. The molecule has 2 atom stereocenters. The third-order valence-electron chi connectivity index (χ3n) is 2.02. The van der Waals surface area contributed by atoms with Crippen LogP contribution in [0, 0.1) is 0 Å². The van der Waals surface area contributed by atoms with Gasteiger partial charge < -0.3 is 10.1 Å². The fourth-order valence-corrected chi connectivity index (χ4v) is 1.40. The lowest BCUT2D eigenvalue weighted by molar-refractivity contribution is -0.157. The van der Waals surface area contributed by atoms with Crippen LogP contribution in [0.1, 0.15) is 54.4 Å². The number of nitrogens with one attached hydrogen (secondary N) is 1. The second-order valence-electron chi connectivity index (χ2n) is 5.11. The monoisotopic (exact) mass is 215 g/mol. The first kappa shape index (κ1) is 14.4. The first-order valence-corrected chi connectivity index (χ1v) is 5.75. The van der Waals surface area contributed by atoms with Gasteiger partial charge in [-0.3, -0.25) is 4.79 Å². The van der Waals surface area contributed by atoms with Crippen LogP contribution >= 0.6 is 0 Å². The highest BCUT2D eigenvalue weighted by Crippen LogP contribution is 2.08. The third-order valence-corrected chi connectivity index (χ3v) is 2.02. The lowest BCUT2D eigenvalue weighted by Crippen LogP contribution is -2.43. The summed E-state index contributed by atoms with van der Waals surface area (Å²) < 4.78 is 5.28. The minimum Gasteiger partial charge on any atom is -0.459 e. The maximum absolute atomic E-state index is 11.6. The Hall–Kier alpha value is -0.570. The van der Waals surface area contributed by atoms with Crippen LogP contribution in [0.25, 0.3) is 0 Å². The highest BCUT2D eigenvalue weighted by atomic mass is 16.6. The van der Waals surface area contributed by atoms with Crippen molar-refractivity contribution in [1.29, 1.82) is 0 Å². The number of esters is 1. The van der Waals surface area contributed by atoms with Gasteiger partial charge in [-0.1, -0.05) is 13.3 Å². The van der Waals surface area contributed by atoms with Crippen molar-refractivity contribution in [2.24, 2.45) is 0 Å². The molecule has 0 aromatic heterocycles. The van der Waals surface area contributed by atoms with Crippen molar-refractivity contribution < 1.29 is 9.53 Å². The van der Waals surface area contributed by atoms with Gasteiger partial charge in [0.2, 0.25) is 0 Å². The molecule has 0 saturated heterocycles. The first-order chi connectivity index (χ1) is 6.76. The largest absolute Gasteiger partial charge is 0.459 e. The molecule has 15 heavy (non-hydrogen) atoms. The van der Waals surface area contributed by atoms with E-state index >= 15 is 0 Å². The summed E-state index contributed by atoms with van der Waals surface area (Å²) in [6.45, 7) is 11.7. The first-order valence-electron chi connectivity index (χ1n) is 5.75. The summed E-state index contributed by atoms with van der Waals surface area (Å²) in [6, 6.07) is 0.128. The van der Waals surface area contributed by atoms with Crippen molar-refractivity contribution in [3.8, 4) is 0 Å². The SMILES string of the molecule is CCCC(C)N[C@@H](C)C(=O)OC(C)(C)C. The Morgan fingerprint density at radius 1 is 1.33 bits per heavy atom. The molecule has 0 bridgehead atoms. The van der Waals surface area contributed by atoms with Crippen molar-refractivity contribution in [3.63, 3.8) is 0 Å². The molecule has 0 radical (unpaired) electrons. The molecule has 0 saturated carbocycles. The van der Waals surface area contributed by atoms with Gasteiger partial charge in [0.1, 0.15) is 11.6 Å². The minimum atomic E-state index is -0.402.